The maximum absolute atomic E-state index is 10.8. The van der Waals surface area contributed by atoms with Crippen molar-refractivity contribution in [2.75, 3.05) is 0 Å². The van der Waals surface area contributed by atoms with Crippen LogP contribution in [-0.2, 0) is 5.54 Å². The minimum Gasteiger partial charge on any atom is -0.494 e. The second-order valence-corrected chi connectivity index (χ2v) is 7.73. The Bertz CT molecular complexity index is 928. The summed E-state index contributed by atoms with van der Waals surface area (Å²) >= 11 is 0. The number of fused-ring (bicyclic) bond motifs is 1. The highest BCUT2D eigenvalue weighted by molar-refractivity contribution is 5.88. The van der Waals surface area contributed by atoms with Crippen LogP contribution in [0.4, 0.5) is 0 Å². The lowest BCUT2D eigenvalue weighted by Gasteiger charge is -2.27. The van der Waals surface area contributed by atoms with Gasteiger partial charge in [-0.2, -0.15) is 0 Å². The molecule has 2 aromatic heterocycles. The molecule has 0 aliphatic heterocycles. The molecule has 24 heavy (non-hydrogen) atoms. The molecule has 2 saturated carbocycles. The van der Waals surface area contributed by atoms with E-state index in [9.17, 15) is 5.11 Å². The molecule has 5 rings (SSSR count). The summed E-state index contributed by atoms with van der Waals surface area (Å²) in [6, 6.07) is 8.48. The third-order valence-corrected chi connectivity index (χ3v) is 5.42. The third-order valence-electron chi connectivity index (χ3n) is 5.42. The van der Waals surface area contributed by atoms with Crippen LogP contribution in [0.15, 0.2) is 30.5 Å². The first-order valence-electron chi connectivity index (χ1n) is 8.82. The number of nitrogens with zero attached hydrogens (tertiary/aromatic N) is 4. The Kier molecular flexibility index (Phi) is 2.71. The van der Waals surface area contributed by atoms with Crippen LogP contribution < -0.4 is 0 Å². The van der Waals surface area contributed by atoms with Gasteiger partial charge in [-0.1, -0.05) is 18.2 Å². The van der Waals surface area contributed by atoms with Crippen LogP contribution in [-0.4, -0.2) is 24.4 Å². The van der Waals surface area contributed by atoms with Gasteiger partial charge in [0.1, 0.15) is 11.4 Å². The molecule has 0 saturated heterocycles. The van der Waals surface area contributed by atoms with Crippen molar-refractivity contribution in [3.8, 4) is 5.88 Å². The predicted molar refractivity (Wildman–Crippen MR) is 92.3 cm³/mol. The molecule has 1 N–H and O–H groups in total. The van der Waals surface area contributed by atoms with Gasteiger partial charge in [0.15, 0.2) is 11.7 Å². The topological polar surface area (TPSA) is 55.9 Å². The minimum atomic E-state index is -0.453. The lowest BCUT2D eigenvalue weighted by atomic mass is 10.0. The van der Waals surface area contributed by atoms with Gasteiger partial charge in [0.05, 0.1) is 0 Å². The van der Waals surface area contributed by atoms with Crippen LogP contribution in [0.25, 0.3) is 10.8 Å². The van der Waals surface area contributed by atoms with Gasteiger partial charge in [-0.3, -0.25) is 0 Å². The van der Waals surface area contributed by atoms with E-state index in [1.807, 2.05) is 35.0 Å². The van der Waals surface area contributed by atoms with E-state index in [-0.39, 0.29) is 0 Å². The molecule has 2 aliphatic carbocycles. The van der Waals surface area contributed by atoms with E-state index >= 15 is 0 Å². The molecule has 124 valence electrons. The second-order valence-electron chi connectivity index (χ2n) is 7.73. The summed E-state index contributed by atoms with van der Waals surface area (Å²) in [4.78, 5) is 0. The Morgan fingerprint density at radius 3 is 2.50 bits per heavy atom. The molecule has 0 unspecified atom stereocenters. The van der Waals surface area contributed by atoms with Gasteiger partial charge in [0, 0.05) is 28.9 Å². The molecular formula is C19H22N4O. The van der Waals surface area contributed by atoms with Crippen LogP contribution in [0.3, 0.4) is 0 Å². The summed E-state index contributed by atoms with van der Waals surface area (Å²) in [5, 5.41) is 21.8. The van der Waals surface area contributed by atoms with Crippen molar-refractivity contribution in [1.82, 2.24) is 19.3 Å². The number of aromatic nitrogens is 4. The van der Waals surface area contributed by atoms with Crippen molar-refractivity contribution in [2.24, 2.45) is 0 Å². The average molecular weight is 322 g/mol. The molecule has 0 radical (unpaired) electrons. The van der Waals surface area contributed by atoms with Crippen molar-refractivity contribution < 1.29 is 5.11 Å². The molecule has 2 aliphatic rings. The van der Waals surface area contributed by atoms with Crippen molar-refractivity contribution in [3.63, 3.8) is 0 Å². The van der Waals surface area contributed by atoms with E-state index in [2.05, 4.69) is 28.6 Å². The molecule has 0 spiro atoms. The maximum atomic E-state index is 10.8. The standard InChI is InChI=1S/C19H22N4O/c1-19(2,22-11-13-5-3-4-6-15(13)17(22)24)18-21-20-16(12-7-8-12)23(18)14-9-10-14/h3-6,11-12,14,24H,7-10H2,1-2H3. The lowest BCUT2D eigenvalue weighted by Crippen LogP contribution is -2.31. The van der Waals surface area contributed by atoms with E-state index in [0.717, 1.165) is 22.4 Å². The average Bonchev–Trinajstić information content (AvgIpc) is 3.51. The summed E-state index contributed by atoms with van der Waals surface area (Å²) < 4.78 is 4.30. The van der Waals surface area contributed by atoms with E-state index in [1.54, 1.807) is 0 Å². The first-order chi connectivity index (χ1) is 11.6. The number of benzene rings is 1. The number of hydrogen-bond donors (Lipinski definition) is 1. The molecule has 0 atom stereocenters. The summed E-state index contributed by atoms with van der Waals surface area (Å²) in [5.41, 5.74) is -0.453. The summed E-state index contributed by atoms with van der Waals surface area (Å²) in [5.74, 6) is 2.99. The largest absolute Gasteiger partial charge is 0.494 e. The zero-order chi connectivity index (χ0) is 16.5. The van der Waals surface area contributed by atoms with Crippen molar-refractivity contribution >= 4 is 10.8 Å². The molecule has 2 fully saturated rings. The summed E-state index contributed by atoms with van der Waals surface area (Å²) in [6.07, 6.45) is 6.89. The smallest absolute Gasteiger partial charge is 0.199 e. The van der Waals surface area contributed by atoms with Gasteiger partial charge in [0.25, 0.3) is 0 Å². The highest BCUT2D eigenvalue weighted by Crippen LogP contribution is 2.47. The van der Waals surface area contributed by atoms with Gasteiger partial charge in [-0.25, -0.2) is 0 Å². The molecule has 5 heteroatoms. The molecule has 5 nitrogen and oxygen atoms in total. The minimum absolute atomic E-state index is 0.300. The van der Waals surface area contributed by atoms with E-state index < -0.39 is 5.54 Å². The fourth-order valence-corrected chi connectivity index (χ4v) is 3.71. The maximum Gasteiger partial charge on any atom is 0.199 e. The molecule has 0 amide bonds. The molecule has 2 heterocycles. The zero-order valence-corrected chi connectivity index (χ0v) is 14.1. The van der Waals surface area contributed by atoms with Crippen molar-refractivity contribution in [3.05, 3.63) is 42.1 Å². The van der Waals surface area contributed by atoms with Crippen LogP contribution in [0, 0.1) is 0 Å². The van der Waals surface area contributed by atoms with Gasteiger partial charge in [0.2, 0.25) is 0 Å². The van der Waals surface area contributed by atoms with E-state index in [0.29, 0.717) is 17.8 Å². The van der Waals surface area contributed by atoms with Gasteiger partial charge >= 0.3 is 0 Å². The van der Waals surface area contributed by atoms with Crippen LogP contribution in [0.1, 0.15) is 63.1 Å². The Morgan fingerprint density at radius 1 is 1.08 bits per heavy atom. The van der Waals surface area contributed by atoms with Gasteiger partial charge < -0.3 is 14.2 Å². The van der Waals surface area contributed by atoms with E-state index in [4.69, 9.17) is 0 Å². The fraction of sp³-hybridized carbons (Fsp3) is 0.474. The van der Waals surface area contributed by atoms with Crippen molar-refractivity contribution in [1.29, 1.82) is 0 Å². The molecule has 0 bridgehead atoms. The molecular weight excluding hydrogens is 300 g/mol. The van der Waals surface area contributed by atoms with Crippen LogP contribution in [0.5, 0.6) is 5.88 Å². The fourth-order valence-electron chi connectivity index (χ4n) is 3.71. The SMILES string of the molecule is CC(C)(c1nnc(C2CC2)n1C1CC1)n1cc2ccccc2c1O. The normalized spacial score (nSPS) is 18.4. The van der Waals surface area contributed by atoms with Crippen LogP contribution in [0.2, 0.25) is 0 Å². The Morgan fingerprint density at radius 2 is 1.83 bits per heavy atom. The first kappa shape index (κ1) is 14.1. The Labute approximate surface area is 140 Å². The Hall–Kier alpha value is -2.30. The number of hydrogen-bond acceptors (Lipinski definition) is 3. The quantitative estimate of drug-likeness (QED) is 0.791. The second kappa shape index (κ2) is 4.62. The Balaban J connectivity index is 1.68. The molecule has 1 aromatic carbocycles. The first-order valence-corrected chi connectivity index (χ1v) is 8.82. The highest BCUT2D eigenvalue weighted by Gasteiger charge is 2.41. The highest BCUT2D eigenvalue weighted by atomic mass is 16.3. The molecule has 3 aromatic rings. The predicted octanol–water partition coefficient (Wildman–Crippen LogP) is 3.93. The number of aromatic hydroxyl groups is 1. The lowest BCUT2D eigenvalue weighted by molar-refractivity contribution is 0.327. The summed E-state index contributed by atoms with van der Waals surface area (Å²) in [6.45, 7) is 4.23. The monoisotopic (exact) mass is 322 g/mol. The number of rotatable bonds is 4. The van der Waals surface area contributed by atoms with Gasteiger partial charge in [-0.15, -0.1) is 10.2 Å². The third kappa shape index (κ3) is 1.93. The van der Waals surface area contributed by atoms with Gasteiger partial charge in [-0.05, 0) is 45.6 Å². The zero-order valence-electron chi connectivity index (χ0n) is 14.1. The van der Waals surface area contributed by atoms with E-state index in [1.165, 1.54) is 25.7 Å². The van der Waals surface area contributed by atoms with Crippen molar-refractivity contribution in [2.45, 2.75) is 57.0 Å². The van der Waals surface area contributed by atoms with Crippen LogP contribution >= 0.6 is 0 Å². The summed E-state index contributed by atoms with van der Waals surface area (Å²) in [7, 11) is 0.